The summed E-state index contributed by atoms with van der Waals surface area (Å²) in [4.78, 5) is 0. The van der Waals surface area contributed by atoms with Crippen molar-refractivity contribution in [3.05, 3.63) is 46.0 Å². The van der Waals surface area contributed by atoms with Crippen molar-refractivity contribution in [3.8, 4) is 0 Å². The number of halogens is 2. The monoisotopic (exact) mass is 285 g/mol. The Labute approximate surface area is 120 Å². The summed E-state index contributed by atoms with van der Waals surface area (Å²) in [7, 11) is 0. The molecule has 0 saturated heterocycles. The fraction of sp³-hybridized carbons (Fsp3) is 0.467. The van der Waals surface area contributed by atoms with Gasteiger partial charge in [0.25, 0.3) is 0 Å². The first kappa shape index (κ1) is 15.6. The number of hydrogen-bond acceptors (Lipinski definition) is 1. The number of allylic oxidation sites excluding steroid dienone is 1. The third kappa shape index (κ3) is 6.44. The second kappa shape index (κ2) is 8.58. The lowest BCUT2D eigenvalue weighted by Crippen LogP contribution is -2.20. The molecule has 1 aromatic rings. The minimum atomic E-state index is 0.613. The molecule has 1 nitrogen and oxygen atoms in total. The first-order valence-electron chi connectivity index (χ1n) is 6.39. The van der Waals surface area contributed by atoms with Gasteiger partial charge in [0.1, 0.15) is 0 Å². The van der Waals surface area contributed by atoms with Gasteiger partial charge in [0, 0.05) is 0 Å². The Hall–Kier alpha value is -0.500. The molecule has 0 aliphatic rings. The van der Waals surface area contributed by atoms with Crippen LogP contribution in [0.25, 0.3) is 0 Å². The minimum absolute atomic E-state index is 0.613. The molecule has 0 unspecified atom stereocenters. The Kier molecular flexibility index (Phi) is 7.41. The lowest BCUT2D eigenvalue weighted by Gasteiger charge is -2.04. The highest BCUT2D eigenvalue weighted by Gasteiger charge is 1.97. The zero-order chi connectivity index (χ0) is 13.4. The van der Waals surface area contributed by atoms with Crippen molar-refractivity contribution in [3.63, 3.8) is 0 Å². The minimum Gasteiger partial charge on any atom is -0.316 e. The molecule has 0 aliphatic carbocycles. The van der Waals surface area contributed by atoms with Crippen molar-refractivity contribution in [2.24, 2.45) is 5.92 Å². The lowest BCUT2D eigenvalue weighted by molar-refractivity contribution is 0.556. The summed E-state index contributed by atoms with van der Waals surface area (Å²) in [6.45, 7) is 6.55. The maximum atomic E-state index is 5.96. The fourth-order valence-electron chi connectivity index (χ4n) is 1.58. The van der Waals surface area contributed by atoms with Gasteiger partial charge in [-0.25, -0.2) is 0 Å². The summed E-state index contributed by atoms with van der Waals surface area (Å²) in [5.41, 5.74) is 1.19. The van der Waals surface area contributed by atoms with E-state index in [4.69, 9.17) is 23.2 Å². The van der Waals surface area contributed by atoms with Crippen LogP contribution in [0.5, 0.6) is 0 Å². The maximum absolute atomic E-state index is 5.96. The van der Waals surface area contributed by atoms with E-state index in [1.165, 1.54) is 5.56 Å². The molecular weight excluding hydrogens is 265 g/mol. The third-order valence-corrected chi connectivity index (χ3v) is 3.28. The van der Waals surface area contributed by atoms with Gasteiger partial charge in [-0.2, -0.15) is 0 Å². The van der Waals surface area contributed by atoms with Crippen LogP contribution in [0.15, 0.2) is 30.4 Å². The van der Waals surface area contributed by atoms with Crippen LogP contribution in [0.4, 0.5) is 0 Å². The van der Waals surface area contributed by atoms with Crippen molar-refractivity contribution in [2.75, 3.05) is 13.1 Å². The molecule has 100 valence electrons. The van der Waals surface area contributed by atoms with Gasteiger partial charge in [-0.15, -0.1) is 0 Å². The Morgan fingerprint density at radius 2 is 1.94 bits per heavy atom. The van der Waals surface area contributed by atoms with Gasteiger partial charge in [0.05, 0.1) is 10.0 Å². The first-order valence-corrected chi connectivity index (χ1v) is 7.15. The van der Waals surface area contributed by atoms with Crippen LogP contribution in [0, 0.1) is 5.92 Å². The van der Waals surface area contributed by atoms with Gasteiger partial charge in [0.15, 0.2) is 0 Å². The summed E-state index contributed by atoms with van der Waals surface area (Å²) in [6.07, 6.45) is 6.35. The van der Waals surface area contributed by atoms with Crippen molar-refractivity contribution in [2.45, 2.75) is 26.7 Å². The van der Waals surface area contributed by atoms with Gasteiger partial charge < -0.3 is 5.32 Å². The molecule has 0 aliphatic heterocycles. The Bertz CT molecular complexity index is 386. The topological polar surface area (TPSA) is 12.0 Å². The van der Waals surface area contributed by atoms with E-state index >= 15 is 0 Å². The molecule has 0 amide bonds. The summed E-state index contributed by atoms with van der Waals surface area (Å²) < 4.78 is 0. The van der Waals surface area contributed by atoms with Crippen molar-refractivity contribution in [1.29, 1.82) is 0 Å². The van der Waals surface area contributed by atoms with Crippen LogP contribution in [-0.2, 0) is 6.42 Å². The number of rotatable bonds is 7. The Morgan fingerprint density at radius 1 is 1.17 bits per heavy atom. The van der Waals surface area contributed by atoms with Crippen LogP contribution in [-0.4, -0.2) is 13.1 Å². The molecule has 3 heteroatoms. The largest absolute Gasteiger partial charge is 0.316 e. The number of nitrogens with one attached hydrogen (secondary N) is 1. The second-order valence-corrected chi connectivity index (χ2v) is 5.63. The SMILES string of the molecule is CC(C)CNCCC=CCc1ccc(Cl)c(Cl)c1. The molecule has 0 bridgehead atoms. The van der Waals surface area contributed by atoms with E-state index in [-0.39, 0.29) is 0 Å². The normalized spacial score (nSPS) is 11.6. The smallest absolute Gasteiger partial charge is 0.0595 e. The van der Waals surface area contributed by atoms with Crippen LogP contribution in [0.1, 0.15) is 25.8 Å². The molecule has 0 atom stereocenters. The highest BCUT2D eigenvalue weighted by molar-refractivity contribution is 6.42. The molecule has 0 heterocycles. The first-order chi connectivity index (χ1) is 8.59. The molecule has 1 rings (SSSR count). The second-order valence-electron chi connectivity index (χ2n) is 4.81. The zero-order valence-electron chi connectivity index (χ0n) is 11.0. The maximum Gasteiger partial charge on any atom is 0.0595 e. The van der Waals surface area contributed by atoms with E-state index in [0.29, 0.717) is 16.0 Å². The standard InChI is InChI=1S/C15H21Cl2N/c1-12(2)11-18-9-5-3-4-6-13-7-8-14(16)15(17)10-13/h3-4,7-8,10,12,18H,5-6,9,11H2,1-2H3. The molecule has 0 aromatic heterocycles. The van der Waals surface area contributed by atoms with Crippen molar-refractivity contribution < 1.29 is 0 Å². The molecule has 0 saturated carbocycles. The van der Waals surface area contributed by atoms with Crippen LogP contribution in [0.2, 0.25) is 10.0 Å². The van der Waals surface area contributed by atoms with Gasteiger partial charge in [-0.05, 0) is 49.5 Å². The summed E-state index contributed by atoms with van der Waals surface area (Å²) in [6, 6.07) is 5.78. The predicted molar refractivity (Wildman–Crippen MR) is 81.6 cm³/mol. The third-order valence-electron chi connectivity index (χ3n) is 2.54. The predicted octanol–water partition coefficient (Wildman–Crippen LogP) is 4.73. The Balaban J connectivity index is 2.21. The van der Waals surface area contributed by atoms with Crippen LogP contribution < -0.4 is 5.32 Å². The van der Waals surface area contributed by atoms with E-state index in [1.54, 1.807) is 0 Å². The van der Waals surface area contributed by atoms with Crippen molar-refractivity contribution in [1.82, 2.24) is 5.32 Å². The van der Waals surface area contributed by atoms with Crippen LogP contribution >= 0.6 is 23.2 Å². The molecule has 1 aromatic carbocycles. The molecule has 0 fully saturated rings. The molecular formula is C15H21Cl2N. The van der Waals surface area contributed by atoms with E-state index in [2.05, 4.69) is 31.3 Å². The van der Waals surface area contributed by atoms with Gasteiger partial charge in [0.2, 0.25) is 0 Å². The number of hydrogen-bond donors (Lipinski definition) is 1. The molecule has 18 heavy (non-hydrogen) atoms. The quantitative estimate of drug-likeness (QED) is 0.564. The average molecular weight is 286 g/mol. The van der Waals surface area contributed by atoms with E-state index in [0.717, 1.165) is 25.9 Å². The Morgan fingerprint density at radius 3 is 2.61 bits per heavy atom. The van der Waals surface area contributed by atoms with E-state index in [9.17, 15) is 0 Å². The van der Waals surface area contributed by atoms with E-state index < -0.39 is 0 Å². The molecule has 1 N–H and O–H groups in total. The highest BCUT2D eigenvalue weighted by Crippen LogP contribution is 2.22. The summed E-state index contributed by atoms with van der Waals surface area (Å²) in [5, 5.41) is 4.65. The number of benzene rings is 1. The highest BCUT2D eigenvalue weighted by atomic mass is 35.5. The summed E-state index contributed by atoms with van der Waals surface area (Å²) >= 11 is 11.8. The van der Waals surface area contributed by atoms with Crippen LogP contribution in [0.3, 0.4) is 0 Å². The van der Waals surface area contributed by atoms with E-state index in [1.807, 2.05) is 18.2 Å². The fourth-order valence-corrected chi connectivity index (χ4v) is 1.90. The molecule has 0 radical (unpaired) electrons. The average Bonchev–Trinajstić information content (AvgIpc) is 2.32. The zero-order valence-corrected chi connectivity index (χ0v) is 12.6. The van der Waals surface area contributed by atoms with Gasteiger partial charge in [-0.1, -0.05) is 55.3 Å². The van der Waals surface area contributed by atoms with Crippen molar-refractivity contribution >= 4 is 23.2 Å². The summed E-state index contributed by atoms with van der Waals surface area (Å²) in [5.74, 6) is 0.713. The molecule has 0 spiro atoms. The van der Waals surface area contributed by atoms with Gasteiger partial charge in [-0.3, -0.25) is 0 Å². The van der Waals surface area contributed by atoms with Gasteiger partial charge >= 0.3 is 0 Å². The lowest BCUT2D eigenvalue weighted by atomic mass is 10.1.